The molecule has 0 bridgehead atoms. The highest BCUT2D eigenvalue weighted by atomic mass is 32.2. The molecule has 2 aromatic carbocycles. The van der Waals surface area contributed by atoms with Gasteiger partial charge in [0.05, 0.1) is 4.90 Å². The summed E-state index contributed by atoms with van der Waals surface area (Å²) in [4.78, 5) is 14.2. The summed E-state index contributed by atoms with van der Waals surface area (Å²) < 4.78 is 30.4. The summed E-state index contributed by atoms with van der Waals surface area (Å²) in [7, 11) is -3.79. The molecule has 0 aromatic heterocycles. The number of benzene rings is 2. The van der Waals surface area contributed by atoms with Gasteiger partial charge in [-0.2, -0.15) is 0 Å². The molecule has 6 heteroatoms. The van der Waals surface area contributed by atoms with Crippen LogP contribution in [0, 0.1) is 0 Å². The zero-order chi connectivity index (χ0) is 18.6. The van der Waals surface area contributed by atoms with E-state index in [1.807, 2.05) is 30.5 Å². The van der Waals surface area contributed by atoms with Crippen LogP contribution >= 0.6 is 11.8 Å². The second-order valence-electron chi connectivity index (χ2n) is 6.44. The van der Waals surface area contributed by atoms with Gasteiger partial charge in [0.15, 0.2) is 14.6 Å². The Morgan fingerprint density at radius 2 is 1.65 bits per heavy atom. The van der Waals surface area contributed by atoms with Crippen LogP contribution in [0.5, 0.6) is 0 Å². The Morgan fingerprint density at radius 1 is 1.04 bits per heavy atom. The molecule has 1 aliphatic rings. The fourth-order valence-electron chi connectivity index (χ4n) is 3.36. The Kier molecular flexibility index (Phi) is 5.73. The van der Waals surface area contributed by atoms with E-state index in [4.69, 9.17) is 4.74 Å². The van der Waals surface area contributed by atoms with Gasteiger partial charge in [0.1, 0.15) is 6.61 Å². The van der Waals surface area contributed by atoms with E-state index in [0.29, 0.717) is 25.7 Å². The molecule has 0 saturated heterocycles. The van der Waals surface area contributed by atoms with Crippen LogP contribution in [0.1, 0.15) is 31.2 Å². The number of hydrogen-bond donors (Lipinski definition) is 0. The first kappa shape index (κ1) is 19.0. The summed E-state index contributed by atoms with van der Waals surface area (Å²) in [5, 5.41) is 0. The Morgan fingerprint density at radius 3 is 2.23 bits per heavy atom. The summed E-state index contributed by atoms with van der Waals surface area (Å²) in [5.74, 6) is -0.632. The Balaban J connectivity index is 1.81. The normalized spacial score (nSPS) is 16.3. The highest BCUT2D eigenvalue weighted by Gasteiger charge is 2.54. The largest absolute Gasteiger partial charge is 0.460 e. The molecule has 0 atom stereocenters. The van der Waals surface area contributed by atoms with Crippen LogP contribution in [0.2, 0.25) is 0 Å². The van der Waals surface area contributed by atoms with Gasteiger partial charge in [-0.05, 0) is 48.9 Å². The van der Waals surface area contributed by atoms with Crippen molar-refractivity contribution in [3.63, 3.8) is 0 Å². The molecule has 0 heterocycles. The third-order valence-electron chi connectivity index (χ3n) is 4.88. The Labute approximate surface area is 158 Å². The minimum absolute atomic E-state index is 0.0829. The molecule has 0 amide bonds. The molecule has 0 unspecified atom stereocenters. The van der Waals surface area contributed by atoms with E-state index < -0.39 is 20.6 Å². The van der Waals surface area contributed by atoms with Crippen LogP contribution in [0.25, 0.3) is 0 Å². The molecule has 26 heavy (non-hydrogen) atoms. The predicted octanol–water partition coefficient (Wildman–Crippen LogP) is 4.24. The van der Waals surface area contributed by atoms with E-state index in [0.717, 1.165) is 10.5 Å². The molecular weight excluding hydrogens is 368 g/mol. The van der Waals surface area contributed by atoms with Crippen LogP contribution in [-0.2, 0) is 26.0 Å². The first-order valence-electron chi connectivity index (χ1n) is 8.59. The lowest BCUT2D eigenvalue weighted by atomic mass is 10.1. The van der Waals surface area contributed by atoms with Crippen LogP contribution in [0.4, 0.5) is 0 Å². The molecule has 0 aliphatic heterocycles. The first-order valence-corrected chi connectivity index (χ1v) is 11.3. The quantitative estimate of drug-likeness (QED) is 0.545. The van der Waals surface area contributed by atoms with Crippen molar-refractivity contribution >= 4 is 27.6 Å². The van der Waals surface area contributed by atoms with Crippen LogP contribution in [0.3, 0.4) is 0 Å². The summed E-state index contributed by atoms with van der Waals surface area (Å²) >= 11 is 1.64. The summed E-state index contributed by atoms with van der Waals surface area (Å²) in [5.41, 5.74) is 0.849. The standard InChI is InChI=1S/C20H22O4S2/c1-25-17-11-9-16(10-12-17)15-24-19(21)20(13-5-6-14-20)26(22,23)18-7-3-2-4-8-18/h2-4,7-12H,5-6,13-15H2,1H3. The van der Waals surface area contributed by atoms with Gasteiger partial charge in [0.2, 0.25) is 0 Å². The molecule has 138 valence electrons. The van der Waals surface area contributed by atoms with Crippen molar-refractivity contribution in [1.29, 1.82) is 0 Å². The fourth-order valence-corrected chi connectivity index (χ4v) is 5.84. The zero-order valence-corrected chi connectivity index (χ0v) is 16.3. The molecule has 2 aromatic rings. The summed E-state index contributed by atoms with van der Waals surface area (Å²) in [6, 6.07) is 15.9. The van der Waals surface area contributed by atoms with Crippen molar-refractivity contribution in [3.8, 4) is 0 Å². The predicted molar refractivity (Wildman–Crippen MR) is 103 cm³/mol. The number of carbonyl (C=O) groups excluding carboxylic acids is 1. The van der Waals surface area contributed by atoms with E-state index in [9.17, 15) is 13.2 Å². The van der Waals surface area contributed by atoms with Crippen molar-refractivity contribution in [2.24, 2.45) is 0 Å². The monoisotopic (exact) mass is 390 g/mol. The SMILES string of the molecule is CSc1ccc(COC(=O)C2(S(=O)(=O)c3ccccc3)CCCC2)cc1. The Bertz CT molecular complexity index is 852. The lowest BCUT2D eigenvalue weighted by Gasteiger charge is -2.26. The first-order chi connectivity index (χ1) is 12.5. The molecular formula is C20H22O4S2. The van der Waals surface area contributed by atoms with Crippen molar-refractivity contribution in [1.82, 2.24) is 0 Å². The Hall–Kier alpha value is -1.79. The van der Waals surface area contributed by atoms with Crippen LogP contribution in [-0.4, -0.2) is 25.4 Å². The van der Waals surface area contributed by atoms with Gasteiger partial charge < -0.3 is 4.74 Å². The number of esters is 1. The number of thioether (sulfide) groups is 1. The smallest absolute Gasteiger partial charge is 0.328 e. The van der Waals surface area contributed by atoms with E-state index in [2.05, 4.69) is 0 Å². The maximum Gasteiger partial charge on any atom is 0.328 e. The lowest BCUT2D eigenvalue weighted by Crippen LogP contribution is -2.45. The molecule has 1 fully saturated rings. The summed E-state index contributed by atoms with van der Waals surface area (Å²) in [6.07, 6.45) is 4.05. The molecule has 1 saturated carbocycles. The molecule has 0 N–H and O–H groups in total. The van der Waals surface area contributed by atoms with Crippen molar-refractivity contribution < 1.29 is 17.9 Å². The van der Waals surface area contributed by atoms with Crippen molar-refractivity contribution in [2.75, 3.05) is 6.26 Å². The molecule has 1 aliphatic carbocycles. The van der Waals surface area contributed by atoms with Gasteiger partial charge in [-0.1, -0.05) is 43.2 Å². The lowest BCUT2D eigenvalue weighted by molar-refractivity contribution is -0.148. The third-order valence-corrected chi connectivity index (χ3v) is 8.12. The fraction of sp³-hybridized carbons (Fsp3) is 0.350. The highest BCUT2D eigenvalue weighted by Crippen LogP contribution is 2.41. The average Bonchev–Trinajstić information content (AvgIpc) is 3.19. The van der Waals surface area contributed by atoms with Gasteiger partial charge >= 0.3 is 5.97 Å². The molecule has 4 nitrogen and oxygen atoms in total. The van der Waals surface area contributed by atoms with Crippen molar-refractivity contribution in [3.05, 3.63) is 60.2 Å². The van der Waals surface area contributed by atoms with E-state index in [1.165, 1.54) is 0 Å². The number of sulfone groups is 1. The topological polar surface area (TPSA) is 60.4 Å². The number of ether oxygens (including phenoxy) is 1. The number of carbonyl (C=O) groups is 1. The van der Waals surface area contributed by atoms with E-state index >= 15 is 0 Å². The van der Waals surface area contributed by atoms with E-state index in [1.54, 1.807) is 42.1 Å². The number of hydrogen-bond acceptors (Lipinski definition) is 5. The highest BCUT2D eigenvalue weighted by molar-refractivity contribution is 7.98. The van der Waals surface area contributed by atoms with E-state index in [-0.39, 0.29) is 11.5 Å². The van der Waals surface area contributed by atoms with Gasteiger partial charge in [-0.25, -0.2) is 8.42 Å². The number of rotatable bonds is 6. The van der Waals surface area contributed by atoms with Gasteiger partial charge in [0, 0.05) is 4.90 Å². The van der Waals surface area contributed by atoms with Crippen LogP contribution < -0.4 is 0 Å². The molecule has 3 rings (SSSR count). The van der Waals surface area contributed by atoms with Gasteiger partial charge in [-0.15, -0.1) is 11.8 Å². The second-order valence-corrected chi connectivity index (χ2v) is 9.58. The summed E-state index contributed by atoms with van der Waals surface area (Å²) in [6.45, 7) is 0.0829. The van der Waals surface area contributed by atoms with Gasteiger partial charge in [0.25, 0.3) is 0 Å². The van der Waals surface area contributed by atoms with Crippen molar-refractivity contribution in [2.45, 2.75) is 46.8 Å². The maximum absolute atomic E-state index is 13.2. The zero-order valence-electron chi connectivity index (χ0n) is 14.7. The second kappa shape index (κ2) is 7.84. The maximum atomic E-state index is 13.2. The molecule has 0 spiro atoms. The third kappa shape index (κ3) is 3.53. The van der Waals surface area contributed by atoms with Gasteiger partial charge in [-0.3, -0.25) is 4.79 Å². The minimum Gasteiger partial charge on any atom is -0.460 e. The van der Waals surface area contributed by atoms with Crippen LogP contribution in [0.15, 0.2) is 64.4 Å². The minimum atomic E-state index is -3.79. The molecule has 0 radical (unpaired) electrons. The average molecular weight is 391 g/mol.